The van der Waals surface area contributed by atoms with Crippen molar-refractivity contribution in [1.29, 1.82) is 0 Å². The summed E-state index contributed by atoms with van der Waals surface area (Å²) in [5.74, 6) is 0.949. The summed E-state index contributed by atoms with van der Waals surface area (Å²) in [5, 5.41) is 3.06. The average Bonchev–Trinajstić information content (AvgIpc) is 2.47. The molecule has 1 aliphatic heterocycles. The average molecular weight is 356 g/mol. The number of morpholine rings is 1. The number of alkyl halides is 3. The highest BCUT2D eigenvalue weighted by molar-refractivity contribution is 6.66. The molecule has 1 aromatic rings. The lowest BCUT2D eigenvalue weighted by Crippen LogP contribution is -2.38. The van der Waals surface area contributed by atoms with E-state index in [-0.39, 0.29) is 5.82 Å². The zero-order chi connectivity index (χ0) is 15.3. The highest BCUT2D eigenvalue weighted by Gasteiger charge is 2.29. The Hall–Kier alpha value is -0.600. The summed E-state index contributed by atoms with van der Waals surface area (Å²) in [6.07, 6.45) is 0.793. The smallest absolute Gasteiger partial charge is 0.250 e. The number of anilines is 2. The molecule has 118 valence electrons. The summed E-state index contributed by atoms with van der Waals surface area (Å²) >= 11 is 17.7. The van der Waals surface area contributed by atoms with Crippen molar-refractivity contribution < 1.29 is 4.74 Å². The summed E-state index contributed by atoms with van der Waals surface area (Å²) in [5.41, 5.74) is 5.46. The first kappa shape index (κ1) is 16.8. The fourth-order valence-corrected chi connectivity index (χ4v) is 2.03. The van der Waals surface area contributed by atoms with E-state index in [4.69, 9.17) is 45.3 Å². The first-order valence-electron chi connectivity index (χ1n) is 6.60. The third kappa shape index (κ3) is 4.96. The first-order chi connectivity index (χ1) is 10.0. The minimum Gasteiger partial charge on any atom is -0.378 e. The Bertz CT molecular complexity index is 464. The number of nitrogens with zero attached hydrogens (tertiary/aromatic N) is 4. The van der Waals surface area contributed by atoms with Gasteiger partial charge in [-0.2, -0.15) is 15.0 Å². The quantitative estimate of drug-likeness (QED) is 0.608. The van der Waals surface area contributed by atoms with Gasteiger partial charge in [-0.25, -0.2) is 0 Å². The number of nitrogens with one attached hydrogen (secondary N) is 1. The summed E-state index contributed by atoms with van der Waals surface area (Å²) in [7, 11) is 0. The van der Waals surface area contributed by atoms with Crippen LogP contribution in [0.5, 0.6) is 0 Å². The van der Waals surface area contributed by atoms with E-state index in [0.29, 0.717) is 51.3 Å². The normalized spacial score (nSPS) is 16.1. The Kier molecular flexibility index (Phi) is 6.07. The second-order valence-electron chi connectivity index (χ2n) is 4.45. The molecule has 0 aliphatic carbocycles. The molecule has 0 aromatic carbocycles. The van der Waals surface area contributed by atoms with Crippen molar-refractivity contribution in [3.8, 4) is 0 Å². The monoisotopic (exact) mass is 354 g/mol. The lowest BCUT2D eigenvalue weighted by molar-refractivity contribution is 0.122. The third-order valence-corrected chi connectivity index (χ3v) is 3.34. The van der Waals surface area contributed by atoms with Gasteiger partial charge in [0.25, 0.3) is 0 Å². The Morgan fingerprint density at radius 2 is 1.90 bits per heavy atom. The zero-order valence-corrected chi connectivity index (χ0v) is 13.6. The van der Waals surface area contributed by atoms with Crippen LogP contribution in [0.25, 0.3) is 0 Å². The van der Waals surface area contributed by atoms with Crippen LogP contribution in [-0.2, 0) is 8.53 Å². The predicted molar refractivity (Wildman–Crippen MR) is 84.3 cm³/mol. The molecule has 2 heterocycles. The van der Waals surface area contributed by atoms with Gasteiger partial charge in [0.1, 0.15) is 0 Å². The van der Waals surface area contributed by atoms with Crippen LogP contribution in [0.15, 0.2) is 0 Å². The molecule has 21 heavy (non-hydrogen) atoms. The predicted octanol–water partition coefficient (Wildman–Crippen LogP) is 1.30. The number of rotatable bonds is 5. The Morgan fingerprint density at radius 1 is 1.19 bits per heavy atom. The number of nitrogens with two attached hydrogens (primary N) is 1. The lowest BCUT2D eigenvalue weighted by Gasteiger charge is -2.27. The van der Waals surface area contributed by atoms with E-state index in [9.17, 15) is 0 Å². The van der Waals surface area contributed by atoms with E-state index in [2.05, 4.69) is 20.3 Å². The lowest BCUT2D eigenvalue weighted by atomic mass is 10.4. The van der Waals surface area contributed by atoms with Crippen LogP contribution in [0, 0.1) is 0 Å². The van der Waals surface area contributed by atoms with Crippen LogP contribution in [0.2, 0.25) is 0 Å². The minimum absolute atomic E-state index is 0.0965. The van der Waals surface area contributed by atoms with E-state index in [1.54, 1.807) is 0 Å². The van der Waals surface area contributed by atoms with E-state index in [1.165, 1.54) is 0 Å². The van der Waals surface area contributed by atoms with E-state index in [1.807, 2.05) is 4.90 Å². The van der Waals surface area contributed by atoms with Gasteiger partial charge in [0.2, 0.25) is 15.7 Å². The van der Waals surface area contributed by atoms with Crippen LogP contribution < -0.4 is 16.0 Å². The van der Waals surface area contributed by atoms with Crippen LogP contribution in [-0.4, -0.2) is 54.3 Å². The van der Waals surface area contributed by atoms with Gasteiger partial charge in [0.15, 0.2) is 5.82 Å². The maximum atomic E-state index is 5.89. The number of aromatic nitrogens is 3. The standard InChI is InChI=1S/C11H17Cl3N6O/c12-11(13,14)8-17-9(16-3-1-2-15)19-10(18-8)20-4-6-21-7-5-20/h1-7,15H2,(H,16,17,18,19). The Balaban J connectivity index is 2.23. The molecular formula is C11H17Cl3N6O. The largest absolute Gasteiger partial charge is 0.378 e. The minimum atomic E-state index is -1.70. The SMILES string of the molecule is NCCCNc1nc(N2CCOCC2)nc(C(Cl)(Cl)Cl)n1. The molecule has 10 heteroatoms. The van der Waals surface area contributed by atoms with Crippen LogP contribution in [0.4, 0.5) is 11.9 Å². The van der Waals surface area contributed by atoms with Gasteiger partial charge in [-0.15, -0.1) is 0 Å². The van der Waals surface area contributed by atoms with E-state index < -0.39 is 3.79 Å². The van der Waals surface area contributed by atoms with Gasteiger partial charge in [-0.1, -0.05) is 34.8 Å². The zero-order valence-electron chi connectivity index (χ0n) is 11.4. The Labute approximate surface area is 138 Å². The van der Waals surface area contributed by atoms with Gasteiger partial charge < -0.3 is 20.7 Å². The fourth-order valence-electron chi connectivity index (χ4n) is 1.78. The third-order valence-electron chi connectivity index (χ3n) is 2.84. The second kappa shape index (κ2) is 7.60. The van der Waals surface area contributed by atoms with Crippen molar-refractivity contribution >= 4 is 46.7 Å². The van der Waals surface area contributed by atoms with Crippen molar-refractivity contribution in [2.45, 2.75) is 10.2 Å². The molecule has 7 nitrogen and oxygen atoms in total. The number of hydrogen-bond acceptors (Lipinski definition) is 7. The van der Waals surface area contributed by atoms with Gasteiger partial charge >= 0.3 is 0 Å². The van der Waals surface area contributed by atoms with Crippen LogP contribution in [0.3, 0.4) is 0 Å². The number of halogens is 3. The topological polar surface area (TPSA) is 89.2 Å². The Morgan fingerprint density at radius 3 is 2.52 bits per heavy atom. The highest BCUT2D eigenvalue weighted by atomic mass is 35.6. The summed E-state index contributed by atoms with van der Waals surface area (Å²) < 4.78 is 3.61. The molecule has 0 unspecified atom stereocenters. The summed E-state index contributed by atoms with van der Waals surface area (Å²) in [6.45, 7) is 3.82. The molecule has 0 spiro atoms. The van der Waals surface area contributed by atoms with Gasteiger partial charge in [-0.3, -0.25) is 0 Å². The molecule has 0 amide bonds. The molecular weight excluding hydrogens is 339 g/mol. The maximum absolute atomic E-state index is 5.89. The number of ether oxygens (including phenoxy) is 1. The highest BCUT2D eigenvalue weighted by Crippen LogP contribution is 2.36. The van der Waals surface area contributed by atoms with Crippen LogP contribution >= 0.6 is 34.8 Å². The molecule has 3 N–H and O–H groups in total. The molecule has 0 bridgehead atoms. The van der Waals surface area contributed by atoms with Gasteiger partial charge in [-0.05, 0) is 13.0 Å². The molecule has 1 aromatic heterocycles. The van der Waals surface area contributed by atoms with Crippen molar-refractivity contribution in [3.05, 3.63) is 5.82 Å². The molecule has 1 aliphatic rings. The van der Waals surface area contributed by atoms with E-state index in [0.717, 1.165) is 6.42 Å². The van der Waals surface area contributed by atoms with Crippen molar-refractivity contribution in [1.82, 2.24) is 15.0 Å². The van der Waals surface area contributed by atoms with Gasteiger partial charge in [0, 0.05) is 19.6 Å². The molecule has 0 radical (unpaired) electrons. The molecule has 1 fully saturated rings. The molecule has 2 rings (SSSR count). The maximum Gasteiger partial charge on any atom is 0.250 e. The first-order valence-corrected chi connectivity index (χ1v) is 7.74. The number of hydrogen-bond donors (Lipinski definition) is 2. The van der Waals surface area contributed by atoms with Gasteiger partial charge in [0.05, 0.1) is 13.2 Å². The molecule has 1 saturated heterocycles. The summed E-state index contributed by atoms with van der Waals surface area (Å²) in [6, 6.07) is 0. The van der Waals surface area contributed by atoms with Crippen LogP contribution in [0.1, 0.15) is 12.2 Å². The van der Waals surface area contributed by atoms with Crippen molar-refractivity contribution in [2.75, 3.05) is 49.6 Å². The van der Waals surface area contributed by atoms with Crippen molar-refractivity contribution in [2.24, 2.45) is 5.73 Å². The fraction of sp³-hybridized carbons (Fsp3) is 0.727. The van der Waals surface area contributed by atoms with E-state index >= 15 is 0 Å². The molecule has 0 atom stereocenters. The second-order valence-corrected chi connectivity index (χ2v) is 6.73. The molecule has 0 saturated carbocycles. The van der Waals surface area contributed by atoms with Crippen molar-refractivity contribution in [3.63, 3.8) is 0 Å². The summed E-state index contributed by atoms with van der Waals surface area (Å²) in [4.78, 5) is 14.7.